The number of carbonyl (C=O) groups excluding carboxylic acids is 1. The van der Waals surface area contributed by atoms with Gasteiger partial charge in [-0.1, -0.05) is 49.9 Å². The van der Waals surface area contributed by atoms with Gasteiger partial charge >= 0.3 is 0 Å². The zero-order valence-electron chi connectivity index (χ0n) is 17.5. The Morgan fingerprint density at radius 1 is 1.16 bits per heavy atom. The van der Waals surface area contributed by atoms with E-state index in [1.807, 2.05) is 28.8 Å². The molecule has 6 nitrogen and oxygen atoms in total. The summed E-state index contributed by atoms with van der Waals surface area (Å²) >= 11 is 4.72. The van der Waals surface area contributed by atoms with Crippen molar-refractivity contribution in [3.8, 4) is 5.75 Å². The Morgan fingerprint density at radius 3 is 2.58 bits per heavy atom. The van der Waals surface area contributed by atoms with Gasteiger partial charge in [-0.2, -0.15) is 0 Å². The lowest BCUT2D eigenvalue weighted by atomic mass is 10.2. The van der Waals surface area contributed by atoms with E-state index in [0.717, 1.165) is 4.47 Å². The molecule has 31 heavy (non-hydrogen) atoms. The summed E-state index contributed by atoms with van der Waals surface area (Å²) in [5.41, 5.74) is 0.712. The normalized spacial score (nSPS) is 12.1. The number of nitrogens with one attached hydrogen (secondary N) is 1. The topological polar surface area (TPSA) is 69.0 Å². The minimum Gasteiger partial charge on any atom is -0.480 e. The Labute approximate surface area is 193 Å². The van der Waals surface area contributed by atoms with Crippen LogP contribution in [0.1, 0.15) is 32.7 Å². The molecule has 3 rings (SSSR count). The number of benzene rings is 2. The molecule has 2 aromatic carbocycles. The number of hydrogen-bond acceptors (Lipinski definition) is 5. The van der Waals surface area contributed by atoms with E-state index in [0.29, 0.717) is 29.1 Å². The zero-order valence-corrected chi connectivity index (χ0v) is 19.9. The van der Waals surface area contributed by atoms with E-state index < -0.39 is 11.9 Å². The number of halogens is 2. The molecule has 0 radical (unpaired) electrons. The van der Waals surface area contributed by atoms with Crippen molar-refractivity contribution >= 4 is 39.3 Å². The minimum absolute atomic E-state index is 0.145. The Morgan fingerprint density at radius 2 is 1.87 bits per heavy atom. The summed E-state index contributed by atoms with van der Waals surface area (Å²) in [6.45, 7) is 6.63. The Kier molecular flexibility index (Phi) is 8.09. The third-order valence-electron chi connectivity index (χ3n) is 4.28. The zero-order chi connectivity index (χ0) is 22.4. The molecule has 1 atom stereocenters. The van der Waals surface area contributed by atoms with Crippen molar-refractivity contribution < 1.29 is 13.9 Å². The van der Waals surface area contributed by atoms with Gasteiger partial charge in [0.25, 0.3) is 0 Å². The molecule has 164 valence electrons. The number of thioether (sulfide) groups is 1. The fourth-order valence-electron chi connectivity index (χ4n) is 2.91. The van der Waals surface area contributed by atoms with Crippen molar-refractivity contribution in [1.82, 2.24) is 14.8 Å². The molecule has 1 amide bonds. The molecule has 9 heteroatoms. The molecule has 1 aromatic heterocycles. The minimum atomic E-state index is -0.508. The second-order valence-electron chi connectivity index (χ2n) is 7.35. The van der Waals surface area contributed by atoms with E-state index in [1.54, 1.807) is 25.1 Å². The van der Waals surface area contributed by atoms with Gasteiger partial charge in [0.1, 0.15) is 0 Å². The van der Waals surface area contributed by atoms with E-state index in [9.17, 15) is 9.18 Å². The fourth-order valence-corrected chi connectivity index (χ4v) is 4.05. The van der Waals surface area contributed by atoms with Gasteiger partial charge in [0.2, 0.25) is 5.91 Å². The summed E-state index contributed by atoms with van der Waals surface area (Å²) in [7, 11) is 0. The fraction of sp³-hybridized carbons (Fsp3) is 0.318. The lowest BCUT2D eigenvalue weighted by molar-refractivity contribution is -0.113. The molecule has 0 aliphatic heterocycles. The number of rotatable bonds is 9. The number of anilines is 1. The average molecular weight is 507 g/mol. The van der Waals surface area contributed by atoms with Gasteiger partial charge in [-0.3, -0.25) is 4.79 Å². The maximum atomic E-state index is 14.0. The van der Waals surface area contributed by atoms with Crippen molar-refractivity contribution in [3.63, 3.8) is 0 Å². The molecule has 0 aliphatic rings. The lowest BCUT2D eigenvalue weighted by Gasteiger charge is -2.18. The van der Waals surface area contributed by atoms with Crippen LogP contribution >= 0.6 is 27.7 Å². The van der Waals surface area contributed by atoms with E-state index >= 15 is 0 Å². The smallest absolute Gasteiger partial charge is 0.234 e. The van der Waals surface area contributed by atoms with Gasteiger partial charge in [0.05, 0.1) is 11.4 Å². The van der Waals surface area contributed by atoms with Gasteiger partial charge in [0.15, 0.2) is 28.7 Å². The highest BCUT2D eigenvalue weighted by Gasteiger charge is 2.22. The third-order valence-corrected chi connectivity index (χ3v) is 5.94. The molecule has 1 heterocycles. The summed E-state index contributed by atoms with van der Waals surface area (Å²) in [5.74, 6) is 0.682. The Hall–Kier alpha value is -2.39. The first-order valence-corrected chi connectivity index (χ1v) is 11.6. The quantitative estimate of drug-likeness (QED) is 0.376. The maximum absolute atomic E-state index is 14.0. The van der Waals surface area contributed by atoms with Crippen LogP contribution in [0.25, 0.3) is 0 Å². The highest BCUT2D eigenvalue weighted by atomic mass is 79.9. The predicted octanol–water partition coefficient (Wildman–Crippen LogP) is 5.71. The molecule has 0 fully saturated rings. The molecular formula is C22H24BrFN4O2S. The Bertz CT molecular complexity index is 1040. The van der Waals surface area contributed by atoms with Crippen LogP contribution in [0.15, 0.2) is 58.2 Å². The first-order valence-electron chi connectivity index (χ1n) is 9.86. The van der Waals surface area contributed by atoms with Crippen molar-refractivity contribution in [1.29, 1.82) is 0 Å². The summed E-state index contributed by atoms with van der Waals surface area (Å²) < 4.78 is 22.5. The second-order valence-corrected chi connectivity index (χ2v) is 9.15. The standard InChI is InChI=1S/C22H24BrFN4O2S/c1-14(2)12-28-21(15(3)30-19-11-7-5-9-17(19)24)26-27-22(28)31-13-20(29)25-18-10-6-4-8-16(18)23/h4-11,14-15H,12-13H2,1-3H3,(H,25,29). The van der Waals surface area contributed by atoms with Crippen LogP contribution in [0.5, 0.6) is 5.75 Å². The van der Waals surface area contributed by atoms with Crippen LogP contribution in [0, 0.1) is 11.7 Å². The summed E-state index contributed by atoms with van der Waals surface area (Å²) in [5, 5.41) is 12.0. The summed E-state index contributed by atoms with van der Waals surface area (Å²) in [6, 6.07) is 13.7. The van der Waals surface area contributed by atoms with E-state index in [2.05, 4.69) is 45.3 Å². The van der Waals surface area contributed by atoms with Gasteiger partial charge in [-0.15, -0.1) is 10.2 Å². The van der Waals surface area contributed by atoms with Crippen molar-refractivity contribution in [2.45, 2.75) is 38.6 Å². The number of nitrogens with zero attached hydrogens (tertiary/aromatic N) is 3. The SMILES string of the molecule is CC(C)Cn1c(SCC(=O)Nc2ccccc2Br)nnc1C(C)Oc1ccccc1F. The number of amides is 1. The average Bonchev–Trinajstić information content (AvgIpc) is 3.12. The van der Waals surface area contributed by atoms with Crippen molar-refractivity contribution in [2.75, 3.05) is 11.1 Å². The highest BCUT2D eigenvalue weighted by Crippen LogP contribution is 2.27. The van der Waals surface area contributed by atoms with Gasteiger partial charge < -0.3 is 14.6 Å². The predicted molar refractivity (Wildman–Crippen MR) is 124 cm³/mol. The van der Waals surface area contributed by atoms with Crippen LogP contribution in [-0.4, -0.2) is 26.4 Å². The number of hydrogen-bond donors (Lipinski definition) is 1. The molecule has 0 saturated heterocycles. The van der Waals surface area contributed by atoms with Crippen LogP contribution in [0.3, 0.4) is 0 Å². The van der Waals surface area contributed by atoms with Gasteiger partial charge in [-0.05, 0) is 53.0 Å². The molecule has 3 aromatic rings. The summed E-state index contributed by atoms with van der Waals surface area (Å²) in [6.07, 6.45) is -0.508. The van der Waals surface area contributed by atoms with E-state index in [-0.39, 0.29) is 17.4 Å². The molecule has 1 unspecified atom stereocenters. The van der Waals surface area contributed by atoms with Gasteiger partial charge in [-0.25, -0.2) is 4.39 Å². The maximum Gasteiger partial charge on any atom is 0.234 e. The van der Waals surface area contributed by atoms with Crippen molar-refractivity contribution in [3.05, 3.63) is 64.6 Å². The van der Waals surface area contributed by atoms with Crippen molar-refractivity contribution in [2.24, 2.45) is 5.92 Å². The number of aromatic nitrogens is 3. The first kappa shape index (κ1) is 23.3. The van der Waals surface area contributed by atoms with Crippen LogP contribution < -0.4 is 10.1 Å². The Balaban J connectivity index is 1.72. The number of ether oxygens (including phenoxy) is 1. The monoisotopic (exact) mass is 506 g/mol. The van der Waals surface area contributed by atoms with Crippen LogP contribution in [0.2, 0.25) is 0 Å². The molecule has 0 bridgehead atoms. The molecule has 0 spiro atoms. The van der Waals surface area contributed by atoms with Crippen LogP contribution in [0.4, 0.5) is 10.1 Å². The third kappa shape index (κ3) is 6.30. The van der Waals surface area contributed by atoms with Crippen LogP contribution in [-0.2, 0) is 11.3 Å². The molecule has 0 saturated carbocycles. The van der Waals surface area contributed by atoms with E-state index in [4.69, 9.17) is 4.74 Å². The molecule has 1 N–H and O–H groups in total. The lowest BCUT2D eigenvalue weighted by Crippen LogP contribution is -2.17. The molecule has 0 aliphatic carbocycles. The van der Waals surface area contributed by atoms with E-state index in [1.165, 1.54) is 17.8 Å². The van der Waals surface area contributed by atoms with Gasteiger partial charge in [0, 0.05) is 11.0 Å². The number of para-hydroxylation sites is 2. The summed E-state index contributed by atoms with van der Waals surface area (Å²) in [4.78, 5) is 12.4. The largest absolute Gasteiger partial charge is 0.480 e. The first-order chi connectivity index (χ1) is 14.8. The number of carbonyl (C=O) groups is 1. The highest BCUT2D eigenvalue weighted by molar-refractivity contribution is 9.10. The second kappa shape index (κ2) is 10.8. The molecular weight excluding hydrogens is 483 g/mol.